The van der Waals surface area contributed by atoms with Gasteiger partial charge in [-0.3, -0.25) is 4.79 Å². The highest BCUT2D eigenvalue weighted by Gasteiger charge is 2.24. The topological polar surface area (TPSA) is 38.8 Å². The van der Waals surface area contributed by atoms with Crippen LogP contribution in [0, 0.1) is 5.92 Å². The molecule has 2 aromatic carbocycles. The van der Waals surface area contributed by atoms with Gasteiger partial charge in [-0.2, -0.15) is 0 Å². The number of ether oxygens (including phenoxy) is 2. The molecule has 2 aromatic rings. The lowest BCUT2D eigenvalue weighted by atomic mass is 9.98. The predicted molar refractivity (Wildman–Crippen MR) is 97.7 cm³/mol. The molecule has 0 N–H and O–H groups in total. The van der Waals surface area contributed by atoms with Crippen molar-refractivity contribution in [2.75, 3.05) is 26.8 Å². The maximum atomic E-state index is 12.7. The second-order valence-corrected chi connectivity index (χ2v) is 6.49. The molecule has 1 amide bonds. The van der Waals surface area contributed by atoms with E-state index in [4.69, 9.17) is 9.47 Å². The van der Waals surface area contributed by atoms with Crippen LogP contribution in [0.2, 0.25) is 0 Å². The third kappa shape index (κ3) is 4.83. The van der Waals surface area contributed by atoms with E-state index in [1.54, 1.807) is 13.2 Å². The van der Waals surface area contributed by atoms with Gasteiger partial charge < -0.3 is 14.4 Å². The molecule has 0 bridgehead atoms. The van der Waals surface area contributed by atoms with Crippen molar-refractivity contribution in [1.82, 2.24) is 4.90 Å². The molecule has 1 atom stereocenters. The largest absolute Gasteiger partial charge is 0.497 e. The van der Waals surface area contributed by atoms with Gasteiger partial charge in [0.05, 0.1) is 20.3 Å². The number of hydrogen-bond acceptors (Lipinski definition) is 3. The molecule has 0 saturated carbocycles. The molecule has 0 spiro atoms. The molecule has 1 aliphatic rings. The van der Waals surface area contributed by atoms with E-state index in [1.165, 1.54) is 5.56 Å². The van der Waals surface area contributed by atoms with Crippen molar-refractivity contribution in [3.63, 3.8) is 0 Å². The van der Waals surface area contributed by atoms with Gasteiger partial charge in [0.15, 0.2) is 0 Å². The molecule has 3 rings (SSSR count). The first-order valence-corrected chi connectivity index (χ1v) is 8.81. The summed E-state index contributed by atoms with van der Waals surface area (Å²) in [6, 6.07) is 17.6. The molecule has 1 fully saturated rings. The van der Waals surface area contributed by atoms with Crippen LogP contribution in [0.5, 0.6) is 5.75 Å². The van der Waals surface area contributed by atoms with Crippen molar-refractivity contribution < 1.29 is 14.3 Å². The fourth-order valence-electron chi connectivity index (χ4n) is 3.24. The fraction of sp³-hybridized carbons (Fsp3) is 0.381. The van der Waals surface area contributed by atoms with Gasteiger partial charge in [0.25, 0.3) is 5.91 Å². The van der Waals surface area contributed by atoms with Gasteiger partial charge in [-0.1, -0.05) is 36.4 Å². The third-order valence-electron chi connectivity index (χ3n) is 4.59. The summed E-state index contributed by atoms with van der Waals surface area (Å²) in [6.07, 6.45) is 2.13. The number of methoxy groups -OCH3 is 1. The molecule has 1 heterocycles. The molecule has 4 nitrogen and oxygen atoms in total. The number of rotatable bonds is 6. The molecule has 0 aliphatic carbocycles. The van der Waals surface area contributed by atoms with Crippen molar-refractivity contribution >= 4 is 5.91 Å². The number of benzene rings is 2. The molecule has 0 aromatic heterocycles. The Morgan fingerprint density at radius 1 is 1.16 bits per heavy atom. The summed E-state index contributed by atoms with van der Waals surface area (Å²) in [5, 5.41) is 0. The van der Waals surface area contributed by atoms with E-state index in [1.807, 2.05) is 41.3 Å². The van der Waals surface area contributed by atoms with Crippen molar-refractivity contribution in [1.29, 1.82) is 0 Å². The molecule has 1 aliphatic heterocycles. The van der Waals surface area contributed by atoms with Crippen molar-refractivity contribution in [2.24, 2.45) is 5.92 Å². The first-order valence-electron chi connectivity index (χ1n) is 8.81. The lowest BCUT2D eigenvalue weighted by Crippen LogP contribution is -2.41. The highest BCUT2D eigenvalue weighted by Crippen LogP contribution is 2.21. The maximum absolute atomic E-state index is 12.7. The first kappa shape index (κ1) is 17.5. The van der Waals surface area contributed by atoms with Crippen molar-refractivity contribution in [3.8, 4) is 5.75 Å². The van der Waals surface area contributed by atoms with Crippen molar-refractivity contribution in [3.05, 3.63) is 65.7 Å². The Balaban J connectivity index is 1.52. The van der Waals surface area contributed by atoms with Gasteiger partial charge in [0.2, 0.25) is 0 Å². The molecular formula is C21H25NO3. The van der Waals surface area contributed by atoms with Crippen molar-refractivity contribution in [2.45, 2.75) is 19.4 Å². The van der Waals surface area contributed by atoms with E-state index >= 15 is 0 Å². The standard InChI is InChI=1S/C21H25NO3/c1-24-20-11-5-10-19(13-20)21(23)22-12-6-9-18(14-22)16-25-15-17-7-3-2-4-8-17/h2-5,7-8,10-11,13,18H,6,9,12,14-16H2,1H3. The zero-order valence-electron chi connectivity index (χ0n) is 14.7. The Kier molecular flexibility index (Phi) is 6.07. The molecule has 132 valence electrons. The monoisotopic (exact) mass is 339 g/mol. The Morgan fingerprint density at radius 2 is 2.00 bits per heavy atom. The summed E-state index contributed by atoms with van der Waals surface area (Å²) in [5.41, 5.74) is 1.87. The first-order chi connectivity index (χ1) is 12.3. The van der Waals surface area contributed by atoms with Crippen LogP contribution in [0.1, 0.15) is 28.8 Å². The number of amides is 1. The van der Waals surface area contributed by atoms with E-state index in [2.05, 4.69) is 12.1 Å². The summed E-state index contributed by atoms with van der Waals surface area (Å²) >= 11 is 0. The van der Waals surface area contributed by atoms with Gasteiger partial charge in [-0.15, -0.1) is 0 Å². The number of nitrogens with zero attached hydrogens (tertiary/aromatic N) is 1. The lowest BCUT2D eigenvalue weighted by molar-refractivity contribution is 0.0425. The zero-order valence-corrected chi connectivity index (χ0v) is 14.7. The van der Waals surface area contributed by atoms with E-state index in [0.717, 1.165) is 25.9 Å². The molecular weight excluding hydrogens is 314 g/mol. The Bertz CT molecular complexity index is 687. The highest BCUT2D eigenvalue weighted by atomic mass is 16.5. The molecule has 1 unspecified atom stereocenters. The SMILES string of the molecule is COc1cccc(C(=O)N2CCCC(COCc3ccccc3)C2)c1. The lowest BCUT2D eigenvalue weighted by Gasteiger charge is -2.32. The number of piperidine rings is 1. The van der Waals surface area contributed by atoms with E-state index < -0.39 is 0 Å². The van der Waals surface area contributed by atoms with E-state index in [0.29, 0.717) is 30.4 Å². The summed E-state index contributed by atoms with van der Waals surface area (Å²) in [7, 11) is 1.62. The average molecular weight is 339 g/mol. The quantitative estimate of drug-likeness (QED) is 0.804. The minimum atomic E-state index is 0.0756. The van der Waals surface area contributed by atoms with Crippen LogP contribution < -0.4 is 4.74 Å². The molecule has 0 radical (unpaired) electrons. The average Bonchev–Trinajstić information content (AvgIpc) is 2.68. The minimum Gasteiger partial charge on any atom is -0.497 e. The van der Waals surface area contributed by atoms with Gasteiger partial charge >= 0.3 is 0 Å². The zero-order chi connectivity index (χ0) is 17.5. The summed E-state index contributed by atoms with van der Waals surface area (Å²) in [6.45, 7) is 2.88. The smallest absolute Gasteiger partial charge is 0.253 e. The Hall–Kier alpha value is -2.33. The van der Waals surface area contributed by atoms with Crippen LogP contribution in [0.25, 0.3) is 0 Å². The number of likely N-dealkylation sites (tertiary alicyclic amines) is 1. The van der Waals surface area contributed by atoms with Crippen LogP contribution in [-0.4, -0.2) is 37.6 Å². The fourth-order valence-corrected chi connectivity index (χ4v) is 3.24. The van der Waals surface area contributed by atoms with Crippen LogP contribution in [0.4, 0.5) is 0 Å². The second-order valence-electron chi connectivity index (χ2n) is 6.49. The Morgan fingerprint density at radius 3 is 2.80 bits per heavy atom. The Labute approximate surface area is 149 Å². The van der Waals surface area contributed by atoms with E-state index in [9.17, 15) is 4.79 Å². The minimum absolute atomic E-state index is 0.0756. The van der Waals surface area contributed by atoms with Gasteiger partial charge in [-0.25, -0.2) is 0 Å². The maximum Gasteiger partial charge on any atom is 0.253 e. The van der Waals surface area contributed by atoms with Gasteiger partial charge in [-0.05, 0) is 42.5 Å². The summed E-state index contributed by atoms with van der Waals surface area (Å²) in [4.78, 5) is 14.7. The predicted octanol–water partition coefficient (Wildman–Crippen LogP) is 3.76. The van der Waals surface area contributed by atoms with Crippen LogP contribution in [-0.2, 0) is 11.3 Å². The number of carbonyl (C=O) groups is 1. The van der Waals surface area contributed by atoms with Gasteiger partial charge in [0.1, 0.15) is 5.75 Å². The normalized spacial score (nSPS) is 17.3. The molecule has 1 saturated heterocycles. The van der Waals surface area contributed by atoms with Crippen LogP contribution in [0.3, 0.4) is 0 Å². The molecule has 4 heteroatoms. The van der Waals surface area contributed by atoms with Crippen LogP contribution >= 0.6 is 0 Å². The molecule has 25 heavy (non-hydrogen) atoms. The third-order valence-corrected chi connectivity index (χ3v) is 4.59. The number of carbonyl (C=O) groups excluding carboxylic acids is 1. The van der Waals surface area contributed by atoms with E-state index in [-0.39, 0.29) is 5.91 Å². The van der Waals surface area contributed by atoms with Gasteiger partial charge in [0, 0.05) is 18.7 Å². The number of hydrogen-bond donors (Lipinski definition) is 0. The summed E-state index contributed by atoms with van der Waals surface area (Å²) in [5.74, 6) is 1.18. The highest BCUT2D eigenvalue weighted by molar-refractivity contribution is 5.94. The second kappa shape index (κ2) is 8.67. The van der Waals surface area contributed by atoms with Crippen LogP contribution in [0.15, 0.2) is 54.6 Å². The summed E-state index contributed by atoms with van der Waals surface area (Å²) < 4.78 is 11.1.